The fourth-order valence-electron chi connectivity index (χ4n) is 3.68. The molecule has 0 saturated carbocycles. The zero-order valence-corrected chi connectivity index (χ0v) is 18.8. The second kappa shape index (κ2) is 8.64. The molecule has 4 rings (SSSR count). The third-order valence-electron chi connectivity index (χ3n) is 5.50. The number of piperazine rings is 1. The van der Waals surface area contributed by atoms with E-state index in [0.717, 1.165) is 26.2 Å². The van der Waals surface area contributed by atoms with Crippen molar-refractivity contribution in [3.05, 3.63) is 52.0 Å². The lowest BCUT2D eigenvalue weighted by Gasteiger charge is -2.32. The van der Waals surface area contributed by atoms with E-state index in [2.05, 4.69) is 37.3 Å². The van der Waals surface area contributed by atoms with Crippen molar-refractivity contribution >= 4 is 29.1 Å². The molecule has 1 amide bonds. The van der Waals surface area contributed by atoms with Crippen LogP contribution in [0.4, 0.5) is 11.6 Å². The second-order valence-electron chi connectivity index (χ2n) is 7.76. The highest BCUT2D eigenvalue weighted by Crippen LogP contribution is 2.32. The molecule has 0 radical (unpaired) electrons. The largest absolute Gasteiger partial charge is 0.360 e. The highest BCUT2D eigenvalue weighted by molar-refractivity contribution is 6.33. The van der Waals surface area contributed by atoms with Crippen molar-refractivity contribution in [1.82, 2.24) is 20.0 Å². The Balaban J connectivity index is 1.61. The highest BCUT2D eigenvalue weighted by Gasteiger charge is 2.25. The fraction of sp³-hybridized carbons (Fsp3) is 0.364. The number of carbonyl (C=O) groups excluding carboxylic acids is 1. The van der Waals surface area contributed by atoms with Crippen LogP contribution in [0.5, 0.6) is 0 Å². The first kappa shape index (κ1) is 21.3. The number of rotatable bonds is 4. The molecule has 1 aromatic carbocycles. The number of aryl methyl sites for hydroxylation is 3. The number of nitrogens with one attached hydrogen (secondary N) is 1. The summed E-state index contributed by atoms with van der Waals surface area (Å²) in [6.45, 7) is 9.15. The topological polar surface area (TPSA) is 87.4 Å². The number of nitrogens with zero attached hydrogens (tertiary/aromatic N) is 5. The van der Waals surface area contributed by atoms with E-state index in [9.17, 15) is 4.79 Å². The molecule has 1 fully saturated rings. The van der Waals surface area contributed by atoms with Crippen LogP contribution < -0.4 is 10.2 Å². The number of halogens is 1. The van der Waals surface area contributed by atoms with Gasteiger partial charge in [0.15, 0.2) is 0 Å². The molecule has 1 N–H and O–H groups in total. The van der Waals surface area contributed by atoms with Gasteiger partial charge in [0.25, 0.3) is 5.91 Å². The Kier molecular flexibility index (Phi) is 5.93. The summed E-state index contributed by atoms with van der Waals surface area (Å²) >= 11 is 6.31. The van der Waals surface area contributed by atoms with Crippen molar-refractivity contribution in [1.29, 1.82) is 0 Å². The smallest absolute Gasteiger partial charge is 0.261 e. The maximum atomic E-state index is 13.2. The van der Waals surface area contributed by atoms with Gasteiger partial charge in [0.2, 0.25) is 5.95 Å². The van der Waals surface area contributed by atoms with Crippen LogP contribution in [-0.2, 0) is 0 Å². The number of benzene rings is 1. The molecule has 0 spiro atoms. The zero-order chi connectivity index (χ0) is 22.1. The first-order valence-corrected chi connectivity index (χ1v) is 10.5. The molecule has 31 heavy (non-hydrogen) atoms. The first-order valence-electron chi connectivity index (χ1n) is 10.2. The molecule has 0 atom stereocenters. The average Bonchev–Trinajstić information content (AvgIpc) is 3.12. The third kappa shape index (κ3) is 4.26. The number of anilines is 2. The number of aromatic nitrogens is 3. The first-order chi connectivity index (χ1) is 14.8. The zero-order valence-electron chi connectivity index (χ0n) is 18.1. The minimum absolute atomic E-state index is 0.337. The Bertz CT molecular complexity index is 1100. The summed E-state index contributed by atoms with van der Waals surface area (Å²) in [6.07, 6.45) is 0. The van der Waals surface area contributed by atoms with E-state index in [1.54, 1.807) is 19.1 Å². The number of hydrogen-bond donors (Lipinski definition) is 1. The highest BCUT2D eigenvalue weighted by atomic mass is 35.5. The van der Waals surface area contributed by atoms with E-state index in [1.165, 1.54) is 0 Å². The Labute approximate surface area is 186 Å². The van der Waals surface area contributed by atoms with E-state index in [1.807, 2.05) is 26.0 Å². The van der Waals surface area contributed by atoms with Gasteiger partial charge >= 0.3 is 0 Å². The lowest BCUT2D eigenvalue weighted by Crippen LogP contribution is -2.45. The van der Waals surface area contributed by atoms with Crippen molar-refractivity contribution in [3.63, 3.8) is 0 Å². The lowest BCUT2D eigenvalue weighted by molar-refractivity contribution is 0.102. The van der Waals surface area contributed by atoms with E-state index >= 15 is 0 Å². The number of carbonyl (C=O) groups is 1. The van der Waals surface area contributed by atoms with Crippen LogP contribution in [0.3, 0.4) is 0 Å². The Hall–Kier alpha value is -2.97. The molecule has 0 aliphatic carbocycles. The SMILES string of the molecule is Cc1nc(N2CCN(C)CC2)nc(C)c1NC(=O)c1c(-c2ccccc2Cl)noc1C. The molecule has 8 nitrogen and oxygen atoms in total. The summed E-state index contributed by atoms with van der Waals surface area (Å²) in [5.74, 6) is 0.771. The van der Waals surface area contributed by atoms with Crippen LogP contribution in [0.15, 0.2) is 28.8 Å². The molecule has 0 unspecified atom stereocenters. The maximum absolute atomic E-state index is 13.2. The second-order valence-corrected chi connectivity index (χ2v) is 8.16. The molecule has 0 bridgehead atoms. The Morgan fingerprint density at radius 2 is 1.71 bits per heavy atom. The van der Waals surface area contributed by atoms with Gasteiger partial charge in [0.1, 0.15) is 17.0 Å². The quantitative estimate of drug-likeness (QED) is 0.661. The molecular weight excluding hydrogens is 416 g/mol. The number of amides is 1. The molecule has 1 aliphatic heterocycles. The van der Waals surface area contributed by atoms with Gasteiger partial charge in [-0.15, -0.1) is 0 Å². The summed E-state index contributed by atoms with van der Waals surface area (Å²) in [7, 11) is 2.11. The maximum Gasteiger partial charge on any atom is 0.261 e. The average molecular weight is 441 g/mol. The van der Waals surface area contributed by atoms with Crippen LogP contribution in [0.25, 0.3) is 11.3 Å². The molecule has 2 aromatic heterocycles. The van der Waals surface area contributed by atoms with Gasteiger partial charge in [-0.25, -0.2) is 9.97 Å². The van der Waals surface area contributed by atoms with Gasteiger partial charge in [-0.1, -0.05) is 35.0 Å². The monoisotopic (exact) mass is 440 g/mol. The summed E-state index contributed by atoms with van der Waals surface area (Å²) in [6, 6.07) is 7.22. The van der Waals surface area contributed by atoms with Crippen molar-refractivity contribution in [2.75, 3.05) is 43.4 Å². The van der Waals surface area contributed by atoms with Gasteiger partial charge in [0, 0.05) is 31.7 Å². The predicted molar refractivity (Wildman–Crippen MR) is 121 cm³/mol. The molecule has 162 valence electrons. The molecular formula is C22H25ClN6O2. The van der Waals surface area contributed by atoms with Crippen LogP contribution in [0, 0.1) is 20.8 Å². The summed E-state index contributed by atoms with van der Waals surface area (Å²) in [4.78, 5) is 27.0. The van der Waals surface area contributed by atoms with Crippen molar-refractivity contribution < 1.29 is 9.32 Å². The summed E-state index contributed by atoms with van der Waals surface area (Å²) < 4.78 is 5.32. The Morgan fingerprint density at radius 3 is 2.35 bits per heavy atom. The molecule has 1 aliphatic rings. The fourth-order valence-corrected chi connectivity index (χ4v) is 3.91. The van der Waals surface area contributed by atoms with Crippen LogP contribution >= 0.6 is 11.6 Å². The summed E-state index contributed by atoms with van der Waals surface area (Å²) in [5.41, 5.74) is 3.40. The molecule has 3 aromatic rings. The Morgan fingerprint density at radius 1 is 1.06 bits per heavy atom. The normalized spacial score (nSPS) is 14.7. The standard InChI is InChI=1S/C22H25ClN6O2/c1-13-19(14(2)25-22(24-13)29-11-9-28(4)10-12-29)26-21(30)18-15(3)31-27-20(18)16-7-5-6-8-17(16)23/h5-8H,9-12H2,1-4H3,(H,26,30). The van der Waals surface area contributed by atoms with E-state index in [-0.39, 0.29) is 5.91 Å². The van der Waals surface area contributed by atoms with Gasteiger partial charge in [-0.3, -0.25) is 4.79 Å². The van der Waals surface area contributed by atoms with Gasteiger partial charge in [-0.05, 0) is 33.9 Å². The number of likely N-dealkylation sites (N-methyl/N-ethyl adjacent to an activating group) is 1. The third-order valence-corrected chi connectivity index (χ3v) is 5.83. The van der Waals surface area contributed by atoms with Crippen LogP contribution in [-0.4, -0.2) is 59.2 Å². The number of hydrogen-bond acceptors (Lipinski definition) is 7. The van der Waals surface area contributed by atoms with Gasteiger partial charge < -0.3 is 19.6 Å². The van der Waals surface area contributed by atoms with Crippen LogP contribution in [0.2, 0.25) is 5.02 Å². The van der Waals surface area contributed by atoms with Crippen LogP contribution in [0.1, 0.15) is 27.5 Å². The van der Waals surface area contributed by atoms with E-state index in [4.69, 9.17) is 16.1 Å². The minimum atomic E-state index is -0.337. The molecule has 3 heterocycles. The van der Waals surface area contributed by atoms with E-state index in [0.29, 0.717) is 50.6 Å². The van der Waals surface area contributed by atoms with Crippen molar-refractivity contribution in [3.8, 4) is 11.3 Å². The summed E-state index contributed by atoms with van der Waals surface area (Å²) in [5, 5.41) is 7.53. The molecule has 1 saturated heterocycles. The lowest BCUT2D eigenvalue weighted by atomic mass is 10.1. The van der Waals surface area contributed by atoms with E-state index < -0.39 is 0 Å². The van der Waals surface area contributed by atoms with Gasteiger partial charge in [-0.2, -0.15) is 0 Å². The predicted octanol–water partition coefficient (Wildman–Crippen LogP) is 3.71. The van der Waals surface area contributed by atoms with Crippen molar-refractivity contribution in [2.45, 2.75) is 20.8 Å². The van der Waals surface area contributed by atoms with Crippen molar-refractivity contribution in [2.24, 2.45) is 0 Å². The minimum Gasteiger partial charge on any atom is -0.360 e. The molecule has 9 heteroatoms. The van der Waals surface area contributed by atoms with Gasteiger partial charge in [0.05, 0.1) is 22.1 Å².